The van der Waals surface area contributed by atoms with E-state index in [4.69, 9.17) is 15.1 Å². The number of amides is 2. The molecule has 3 rings (SSSR count). The predicted octanol–water partition coefficient (Wildman–Crippen LogP) is -0.396. The summed E-state index contributed by atoms with van der Waals surface area (Å²) in [5.41, 5.74) is 2.69. The summed E-state index contributed by atoms with van der Waals surface area (Å²) in [6, 6.07) is 5.28. The number of ether oxygens (including phenoxy) is 1. The quantitative estimate of drug-likeness (QED) is 0.298. The standard InChI is InChI=1S/C22H25N3O5/c1-25-10-11-30-14-19(25)20(22(28)24-29)23-21(27)16-8-6-15(7-9-16)4-2-3-5-17-12-18(17)13-26/h6-9,17-20,26,29H,10-14H2,1H3,(H,23,27)(H,24,28). The topological polar surface area (TPSA) is 111 Å². The van der Waals surface area contributed by atoms with E-state index in [1.807, 2.05) is 11.9 Å². The Balaban J connectivity index is 1.62. The van der Waals surface area contributed by atoms with Crippen LogP contribution in [0.15, 0.2) is 24.3 Å². The van der Waals surface area contributed by atoms with Crippen LogP contribution in [-0.2, 0) is 9.53 Å². The van der Waals surface area contributed by atoms with Crippen LogP contribution >= 0.6 is 0 Å². The Morgan fingerprint density at radius 1 is 1.30 bits per heavy atom. The van der Waals surface area contributed by atoms with E-state index < -0.39 is 23.9 Å². The first-order chi connectivity index (χ1) is 14.5. The number of nitrogens with one attached hydrogen (secondary N) is 2. The van der Waals surface area contributed by atoms with E-state index in [-0.39, 0.29) is 25.0 Å². The van der Waals surface area contributed by atoms with Crippen LogP contribution in [0.1, 0.15) is 22.3 Å². The second-order valence-electron chi connectivity index (χ2n) is 7.43. The summed E-state index contributed by atoms with van der Waals surface area (Å²) in [6.45, 7) is 1.60. The van der Waals surface area contributed by atoms with Gasteiger partial charge in [-0.25, -0.2) is 5.48 Å². The molecule has 4 N–H and O–H groups in total. The fourth-order valence-corrected chi connectivity index (χ4v) is 3.25. The number of hydrogen-bond donors (Lipinski definition) is 4. The zero-order chi connectivity index (χ0) is 21.5. The minimum absolute atomic E-state index is 0.168. The Morgan fingerprint density at radius 3 is 2.70 bits per heavy atom. The number of carbonyl (C=O) groups is 2. The van der Waals surface area contributed by atoms with Gasteiger partial charge in [0.2, 0.25) is 0 Å². The number of likely N-dealkylation sites (N-methyl/N-ethyl adjacent to an activating group) is 1. The first-order valence-electron chi connectivity index (χ1n) is 9.78. The molecule has 30 heavy (non-hydrogen) atoms. The van der Waals surface area contributed by atoms with E-state index in [1.165, 1.54) is 0 Å². The summed E-state index contributed by atoms with van der Waals surface area (Å²) in [7, 11) is 1.83. The number of nitrogens with zero attached hydrogens (tertiary/aromatic N) is 1. The van der Waals surface area contributed by atoms with Gasteiger partial charge in [0.1, 0.15) is 6.04 Å². The number of hydroxylamine groups is 1. The molecule has 158 valence electrons. The minimum atomic E-state index is -0.965. The largest absolute Gasteiger partial charge is 0.396 e. The van der Waals surface area contributed by atoms with Gasteiger partial charge in [0, 0.05) is 30.2 Å². The van der Waals surface area contributed by atoms with E-state index >= 15 is 0 Å². The first kappa shape index (κ1) is 21.8. The lowest BCUT2D eigenvalue weighted by atomic mass is 10.0. The van der Waals surface area contributed by atoms with Gasteiger partial charge in [-0.2, -0.15) is 0 Å². The van der Waals surface area contributed by atoms with Gasteiger partial charge in [0.25, 0.3) is 11.8 Å². The van der Waals surface area contributed by atoms with Gasteiger partial charge in [0.05, 0.1) is 19.3 Å². The molecule has 8 nitrogen and oxygen atoms in total. The molecule has 1 aromatic rings. The van der Waals surface area contributed by atoms with Crippen LogP contribution in [0.4, 0.5) is 0 Å². The molecular formula is C22H25N3O5. The smallest absolute Gasteiger partial charge is 0.267 e. The van der Waals surface area contributed by atoms with Gasteiger partial charge in [-0.05, 0) is 55.5 Å². The zero-order valence-corrected chi connectivity index (χ0v) is 16.7. The summed E-state index contributed by atoms with van der Waals surface area (Å²) < 4.78 is 5.42. The number of carbonyl (C=O) groups excluding carboxylic acids is 2. The van der Waals surface area contributed by atoms with Gasteiger partial charge >= 0.3 is 0 Å². The van der Waals surface area contributed by atoms with Crippen molar-refractivity contribution in [2.24, 2.45) is 11.8 Å². The lowest BCUT2D eigenvalue weighted by molar-refractivity contribution is -0.134. The average molecular weight is 411 g/mol. The van der Waals surface area contributed by atoms with Crippen molar-refractivity contribution in [2.45, 2.75) is 18.5 Å². The Labute approximate surface area is 175 Å². The van der Waals surface area contributed by atoms with Gasteiger partial charge in [0.15, 0.2) is 0 Å². The Hall–Kier alpha value is -2.88. The van der Waals surface area contributed by atoms with E-state index in [0.717, 1.165) is 6.42 Å². The third-order valence-corrected chi connectivity index (χ3v) is 5.34. The van der Waals surface area contributed by atoms with Crippen LogP contribution in [0.5, 0.6) is 0 Å². The van der Waals surface area contributed by atoms with Crippen molar-refractivity contribution in [3.05, 3.63) is 35.4 Å². The second kappa shape index (κ2) is 10.2. The maximum atomic E-state index is 12.6. The number of rotatable bonds is 5. The molecule has 2 amide bonds. The van der Waals surface area contributed by atoms with E-state index in [9.17, 15) is 9.59 Å². The summed E-state index contributed by atoms with van der Waals surface area (Å²) in [5.74, 6) is 10.9. The molecule has 0 spiro atoms. The van der Waals surface area contributed by atoms with Crippen molar-refractivity contribution in [3.63, 3.8) is 0 Å². The highest BCUT2D eigenvalue weighted by molar-refractivity contribution is 5.97. The summed E-state index contributed by atoms with van der Waals surface area (Å²) in [5, 5.41) is 20.7. The van der Waals surface area contributed by atoms with E-state index in [1.54, 1.807) is 29.7 Å². The highest BCUT2D eigenvalue weighted by atomic mass is 16.5. The summed E-state index contributed by atoms with van der Waals surface area (Å²) in [6.07, 6.45) is 0.924. The number of aliphatic hydroxyl groups is 1. The molecule has 0 bridgehead atoms. The summed E-state index contributed by atoms with van der Waals surface area (Å²) in [4.78, 5) is 26.7. The van der Waals surface area contributed by atoms with Crippen LogP contribution in [0.25, 0.3) is 0 Å². The number of hydrogen-bond acceptors (Lipinski definition) is 6. The molecule has 4 atom stereocenters. The van der Waals surface area contributed by atoms with Crippen LogP contribution < -0.4 is 10.8 Å². The predicted molar refractivity (Wildman–Crippen MR) is 108 cm³/mol. The lowest BCUT2D eigenvalue weighted by Gasteiger charge is -2.36. The maximum Gasteiger partial charge on any atom is 0.267 e. The van der Waals surface area contributed by atoms with Crippen molar-refractivity contribution in [1.82, 2.24) is 15.7 Å². The third-order valence-electron chi connectivity index (χ3n) is 5.34. The van der Waals surface area contributed by atoms with Gasteiger partial charge in [-0.15, -0.1) is 0 Å². The molecule has 2 aliphatic rings. The number of morpholine rings is 1. The number of benzene rings is 1. The molecular weight excluding hydrogens is 386 g/mol. The van der Waals surface area contributed by atoms with Gasteiger partial charge in [-0.1, -0.05) is 11.8 Å². The molecule has 1 saturated heterocycles. The molecule has 1 heterocycles. The van der Waals surface area contributed by atoms with Gasteiger partial charge < -0.3 is 15.2 Å². The fraction of sp³-hybridized carbons (Fsp3) is 0.455. The van der Waals surface area contributed by atoms with Crippen molar-refractivity contribution in [2.75, 3.05) is 33.4 Å². The molecule has 1 saturated carbocycles. The van der Waals surface area contributed by atoms with Crippen molar-refractivity contribution in [1.29, 1.82) is 0 Å². The minimum Gasteiger partial charge on any atom is -0.396 e. The van der Waals surface area contributed by atoms with Crippen molar-refractivity contribution >= 4 is 11.8 Å². The van der Waals surface area contributed by atoms with Crippen LogP contribution in [0, 0.1) is 35.5 Å². The van der Waals surface area contributed by atoms with Crippen molar-refractivity contribution in [3.8, 4) is 23.7 Å². The Bertz CT molecular complexity index is 893. The SMILES string of the molecule is CN1CCOCC1C(NC(=O)c1ccc(C#CC#CC2CC2CO)cc1)C(=O)NO. The highest BCUT2D eigenvalue weighted by Crippen LogP contribution is 2.36. The van der Waals surface area contributed by atoms with E-state index in [0.29, 0.717) is 24.3 Å². The van der Waals surface area contributed by atoms with Crippen molar-refractivity contribution < 1.29 is 24.6 Å². The maximum absolute atomic E-state index is 12.6. The normalized spacial score (nSPS) is 23.8. The molecule has 0 aromatic heterocycles. The molecule has 8 heteroatoms. The van der Waals surface area contributed by atoms with E-state index in [2.05, 4.69) is 29.0 Å². The number of aliphatic hydroxyl groups excluding tert-OH is 1. The Morgan fingerprint density at radius 2 is 2.07 bits per heavy atom. The molecule has 1 aromatic carbocycles. The van der Waals surface area contributed by atoms with Crippen LogP contribution in [0.3, 0.4) is 0 Å². The highest BCUT2D eigenvalue weighted by Gasteiger charge is 2.35. The fourth-order valence-electron chi connectivity index (χ4n) is 3.25. The zero-order valence-electron chi connectivity index (χ0n) is 16.7. The molecule has 1 aliphatic heterocycles. The molecule has 0 radical (unpaired) electrons. The molecule has 4 unspecified atom stereocenters. The first-order valence-corrected chi connectivity index (χ1v) is 9.78. The summed E-state index contributed by atoms with van der Waals surface area (Å²) >= 11 is 0. The van der Waals surface area contributed by atoms with Gasteiger partial charge in [-0.3, -0.25) is 19.7 Å². The molecule has 1 aliphatic carbocycles. The lowest BCUT2D eigenvalue weighted by Crippen LogP contribution is -2.61. The average Bonchev–Trinajstić information content (AvgIpc) is 3.54. The Kier molecular flexibility index (Phi) is 7.45. The van der Waals surface area contributed by atoms with Crippen LogP contribution in [-0.4, -0.2) is 72.5 Å². The monoisotopic (exact) mass is 411 g/mol. The van der Waals surface area contributed by atoms with Crippen LogP contribution in [0.2, 0.25) is 0 Å². The second-order valence-corrected chi connectivity index (χ2v) is 7.43. The molecule has 2 fully saturated rings. The third kappa shape index (κ3) is 5.59.